The van der Waals surface area contributed by atoms with Crippen LogP contribution in [0.15, 0.2) is 11.4 Å². The Kier molecular flexibility index (Phi) is 3.68. The lowest BCUT2D eigenvalue weighted by atomic mass is 9.99. The van der Waals surface area contributed by atoms with E-state index in [0.29, 0.717) is 13.0 Å². The first-order chi connectivity index (χ1) is 8.56. The topological polar surface area (TPSA) is 66.8 Å². The minimum absolute atomic E-state index is 0.276. The zero-order valence-electron chi connectivity index (χ0n) is 10.3. The maximum absolute atomic E-state index is 12.1. The Labute approximate surface area is 109 Å². The lowest BCUT2D eigenvalue weighted by Crippen LogP contribution is -2.47. The average Bonchev–Trinajstić information content (AvgIpc) is 2.83. The molecule has 1 aliphatic rings. The molecule has 1 aliphatic heterocycles. The smallest absolute Gasteiger partial charge is 0.331 e. The maximum atomic E-state index is 12.1. The molecule has 0 bridgehead atoms. The number of nitrogens with zero attached hydrogens (tertiary/aromatic N) is 1. The van der Waals surface area contributed by atoms with Gasteiger partial charge in [0.2, 0.25) is 0 Å². The number of carbonyl (C=O) groups is 2. The van der Waals surface area contributed by atoms with E-state index in [0.717, 1.165) is 10.4 Å². The summed E-state index contributed by atoms with van der Waals surface area (Å²) in [5.41, 5.74) is 0.732. The molecule has 98 valence electrons. The number of ether oxygens (including phenoxy) is 1. The van der Waals surface area contributed by atoms with Gasteiger partial charge in [-0.2, -0.15) is 0 Å². The summed E-state index contributed by atoms with van der Waals surface area (Å²) < 4.78 is 4.98. The molecule has 0 saturated heterocycles. The van der Waals surface area contributed by atoms with E-state index in [1.54, 1.807) is 24.3 Å². The zero-order chi connectivity index (χ0) is 13.3. The van der Waals surface area contributed by atoms with Crippen LogP contribution in [0.25, 0.3) is 0 Å². The molecule has 0 radical (unpaired) electrons. The summed E-state index contributed by atoms with van der Waals surface area (Å²) >= 11 is 1.54. The highest BCUT2D eigenvalue weighted by Crippen LogP contribution is 2.33. The molecular weight excluding hydrogens is 254 g/mol. The standard InChI is InChI=1S/C12H15NO4S/c1-7(17-2)11(14)13-5-3-9-8(4-6-18-9)10(13)12(15)16/h4,6-7,10H,3,5H2,1-2H3,(H,15,16). The third kappa shape index (κ3) is 2.13. The van der Waals surface area contributed by atoms with Crippen LogP contribution in [0.5, 0.6) is 0 Å². The van der Waals surface area contributed by atoms with Crippen molar-refractivity contribution in [3.63, 3.8) is 0 Å². The van der Waals surface area contributed by atoms with Gasteiger partial charge in [0.05, 0.1) is 0 Å². The zero-order valence-corrected chi connectivity index (χ0v) is 11.1. The quantitative estimate of drug-likeness (QED) is 0.898. The second-order valence-electron chi connectivity index (χ2n) is 4.20. The normalized spacial score (nSPS) is 20.3. The van der Waals surface area contributed by atoms with Crippen molar-refractivity contribution in [3.8, 4) is 0 Å². The molecule has 2 atom stereocenters. The molecule has 18 heavy (non-hydrogen) atoms. The van der Waals surface area contributed by atoms with Gasteiger partial charge in [0.25, 0.3) is 5.91 Å². The van der Waals surface area contributed by atoms with E-state index in [1.807, 2.05) is 5.38 Å². The summed E-state index contributed by atoms with van der Waals surface area (Å²) in [5.74, 6) is -1.27. The van der Waals surface area contributed by atoms with E-state index in [4.69, 9.17) is 4.74 Å². The van der Waals surface area contributed by atoms with Crippen molar-refractivity contribution in [3.05, 3.63) is 21.9 Å². The summed E-state index contributed by atoms with van der Waals surface area (Å²) in [7, 11) is 1.44. The number of carboxylic acid groups (broad SMARTS) is 1. The number of aliphatic carboxylic acids is 1. The number of thiophene rings is 1. The second-order valence-corrected chi connectivity index (χ2v) is 5.20. The number of fused-ring (bicyclic) bond motifs is 1. The van der Waals surface area contributed by atoms with E-state index < -0.39 is 18.1 Å². The molecule has 5 nitrogen and oxygen atoms in total. The largest absolute Gasteiger partial charge is 0.479 e. The van der Waals surface area contributed by atoms with Crippen LogP contribution >= 0.6 is 11.3 Å². The minimum Gasteiger partial charge on any atom is -0.479 e. The molecule has 2 unspecified atom stereocenters. The van der Waals surface area contributed by atoms with E-state index in [9.17, 15) is 14.7 Å². The Morgan fingerprint density at radius 3 is 2.94 bits per heavy atom. The van der Waals surface area contributed by atoms with Crippen molar-refractivity contribution in [2.24, 2.45) is 0 Å². The van der Waals surface area contributed by atoms with Gasteiger partial charge in [-0.15, -0.1) is 11.3 Å². The van der Waals surface area contributed by atoms with Gasteiger partial charge in [0, 0.05) is 18.5 Å². The number of hydrogen-bond donors (Lipinski definition) is 1. The van der Waals surface area contributed by atoms with Gasteiger partial charge in [-0.25, -0.2) is 4.79 Å². The number of carboxylic acids is 1. The molecule has 0 aliphatic carbocycles. The SMILES string of the molecule is COC(C)C(=O)N1CCc2sccc2C1C(=O)O. The Morgan fingerprint density at radius 2 is 2.33 bits per heavy atom. The average molecular weight is 269 g/mol. The van der Waals surface area contributed by atoms with Gasteiger partial charge in [0.15, 0.2) is 6.04 Å². The third-order valence-corrected chi connectivity index (χ3v) is 4.18. The minimum atomic E-state index is -0.994. The van der Waals surface area contributed by atoms with E-state index in [-0.39, 0.29) is 5.91 Å². The number of rotatable bonds is 3. The molecule has 0 fully saturated rings. The van der Waals surface area contributed by atoms with Crippen molar-refractivity contribution in [1.82, 2.24) is 4.90 Å². The molecule has 1 aromatic rings. The highest BCUT2D eigenvalue weighted by Gasteiger charge is 2.38. The van der Waals surface area contributed by atoms with Crippen LogP contribution in [0.4, 0.5) is 0 Å². The lowest BCUT2D eigenvalue weighted by Gasteiger charge is -2.34. The van der Waals surface area contributed by atoms with Crippen molar-refractivity contribution >= 4 is 23.2 Å². The summed E-state index contributed by atoms with van der Waals surface area (Å²) in [4.78, 5) is 26.0. The van der Waals surface area contributed by atoms with Gasteiger partial charge >= 0.3 is 5.97 Å². The highest BCUT2D eigenvalue weighted by molar-refractivity contribution is 7.10. The van der Waals surface area contributed by atoms with Gasteiger partial charge in [-0.05, 0) is 30.4 Å². The third-order valence-electron chi connectivity index (χ3n) is 3.18. The highest BCUT2D eigenvalue weighted by atomic mass is 32.1. The second kappa shape index (κ2) is 5.07. The van der Waals surface area contributed by atoms with Crippen LogP contribution in [0, 0.1) is 0 Å². The number of hydrogen-bond acceptors (Lipinski definition) is 4. The fraction of sp³-hybridized carbons (Fsp3) is 0.500. The summed E-state index contributed by atoms with van der Waals surface area (Å²) in [5, 5.41) is 11.2. The van der Waals surface area contributed by atoms with Crippen LogP contribution in [0.3, 0.4) is 0 Å². The van der Waals surface area contributed by atoms with Crippen LogP contribution in [0.2, 0.25) is 0 Å². The molecule has 0 spiro atoms. The van der Waals surface area contributed by atoms with Crippen LogP contribution in [-0.2, 0) is 20.7 Å². The Bertz CT molecular complexity index is 470. The Balaban J connectivity index is 2.33. The molecule has 0 saturated carbocycles. The van der Waals surface area contributed by atoms with E-state index in [2.05, 4.69) is 0 Å². The van der Waals surface area contributed by atoms with E-state index in [1.165, 1.54) is 12.0 Å². The molecule has 1 amide bonds. The molecule has 0 aromatic carbocycles. The summed E-state index contributed by atoms with van der Waals surface area (Å²) in [6.07, 6.45) is 0.0888. The first-order valence-electron chi connectivity index (χ1n) is 5.68. The number of methoxy groups -OCH3 is 1. The first-order valence-corrected chi connectivity index (χ1v) is 6.56. The van der Waals surface area contributed by atoms with Crippen molar-refractivity contribution < 1.29 is 19.4 Å². The molecule has 1 aromatic heterocycles. The monoisotopic (exact) mass is 269 g/mol. The van der Waals surface area contributed by atoms with Gasteiger partial charge in [-0.3, -0.25) is 4.79 Å². The van der Waals surface area contributed by atoms with E-state index >= 15 is 0 Å². The van der Waals surface area contributed by atoms with Crippen LogP contribution < -0.4 is 0 Å². The molecule has 2 rings (SSSR count). The molecular formula is C12H15NO4S. The van der Waals surface area contributed by atoms with Gasteiger partial charge in [0.1, 0.15) is 6.10 Å². The van der Waals surface area contributed by atoms with Crippen molar-refractivity contribution in [2.45, 2.75) is 25.5 Å². The summed E-state index contributed by atoms with van der Waals surface area (Å²) in [6.45, 7) is 2.06. The van der Waals surface area contributed by atoms with Crippen molar-refractivity contribution in [1.29, 1.82) is 0 Å². The van der Waals surface area contributed by atoms with Gasteiger partial charge in [-0.1, -0.05) is 0 Å². The predicted molar refractivity (Wildman–Crippen MR) is 66.6 cm³/mol. The molecule has 2 heterocycles. The lowest BCUT2D eigenvalue weighted by molar-refractivity contribution is -0.155. The van der Waals surface area contributed by atoms with Crippen LogP contribution in [0.1, 0.15) is 23.4 Å². The molecule has 6 heteroatoms. The number of amides is 1. The fourth-order valence-corrected chi connectivity index (χ4v) is 3.06. The Hall–Kier alpha value is -1.40. The van der Waals surface area contributed by atoms with Crippen LogP contribution in [-0.4, -0.2) is 41.6 Å². The Morgan fingerprint density at radius 1 is 1.61 bits per heavy atom. The van der Waals surface area contributed by atoms with Gasteiger partial charge < -0.3 is 14.7 Å². The molecule has 1 N–H and O–H groups in total. The maximum Gasteiger partial charge on any atom is 0.331 e. The first kappa shape index (κ1) is 13.0. The van der Waals surface area contributed by atoms with Crippen molar-refractivity contribution in [2.75, 3.05) is 13.7 Å². The summed E-state index contributed by atoms with van der Waals surface area (Å²) in [6, 6.07) is 0.903. The fourth-order valence-electron chi connectivity index (χ4n) is 2.15. The predicted octanol–water partition coefficient (Wildman–Crippen LogP) is 1.29. The number of carbonyl (C=O) groups excluding carboxylic acids is 1.